The third-order valence-electron chi connectivity index (χ3n) is 2.80. The number of hydrogen-bond acceptors (Lipinski definition) is 3. The molecule has 0 saturated heterocycles. The summed E-state index contributed by atoms with van der Waals surface area (Å²) >= 11 is 6.20. The standard InChI is InChI=1S/C13H10ClN3O/c14-10-5-3-4-9(8-18)13(10)17-12-7-2-1-6-11(12)15-16-17/h1-7,18H,8H2. The van der Waals surface area contributed by atoms with Gasteiger partial charge in [-0.05, 0) is 18.2 Å². The lowest BCUT2D eigenvalue weighted by Gasteiger charge is -2.09. The minimum atomic E-state index is -0.0932. The quantitative estimate of drug-likeness (QED) is 0.770. The minimum Gasteiger partial charge on any atom is -0.392 e. The van der Waals surface area contributed by atoms with E-state index >= 15 is 0 Å². The average molecular weight is 260 g/mol. The summed E-state index contributed by atoms with van der Waals surface area (Å²) < 4.78 is 1.66. The van der Waals surface area contributed by atoms with Crippen molar-refractivity contribution in [3.63, 3.8) is 0 Å². The average Bonchev–Trinajstić information content (AvgIpc) is 2.82. The number of halogens is 1. The molecule has 0 aliphatic rings. The molecule has 0 aliphatic carbocycles. The Labute approximate surface area is 108 Å². The summed E-state index contributed by atoms with van der Waals surface area (Å²) in [6.45, 7) is -0.0932. The molecule has 5 heteroatoms. The van der Waals surface area contributed by atoms with Gasteiger partial charge >= 0.3 is 0 Å². The van der Waals surface area contributed by atoms with Gasteiger partial charge in [0.2, 0.25) is 0 Å². The summed E-state index contributed by atoms with van der Waals surface area (Å²) in [7, 11) is 0. The van der Waals surface area contributed by atoms with Gasteiger partial charge in [-0.15, -0.1) is 5.10 Å². The minimum absolute atomic E-state index is 0.0932. The van der Waals surface area contributed by atoms with E-state index in [9.17, 15) is 5.11 Å². The highest BCUT2D eigenvalue weighted by Gasteiger charge is 2.12. The van der Waals surface area contributed by atoms with Gasteiger partial charge < -0.3 is 5.11 Å². The van der Waals surface area contributed by atoms with Crippen LogP contribution in [0, 0.1) is 0 Å². The van der Waals surface area contributed by atoms with Gasteiger partial charge in [0.05, 0.1) is 22.8 Å². The normalized spacial score (nSPS) is 11.0. The van der Waals surface area contributed by atoms with Gasteiger partial charge in [0.25, 0.3) is 0 Å². The maximum Gasteiger partial charge on any atom is 0.113 e. The molecule has 3 rings (SSSR count). The van der Waals surface area contributed by atoms with Crippen LogP contribution in [0.3, 0.4) is 0 Å². The smallest absolute Gasteiger partial charge is 0.113 e. The molecule has 4 nitrogen and oxygen atoms in total. The summed E-state index contributed by atoms with van der Waals surface area (Å²) in [5, 5.41) is 18.1. The molecule has 18 heavy (non-hydrogen) atoms. The van der Waals surface area contributed by atoms with Gasteiger partial charge in [-0.2, -0.15) is 0 Å². The third-order valence-corrected chi connectivity index (χ3v) is 3.11. The number of benzene rings is 2. The Morgan fingerprint density at radius 1 is 1.11 bits per heavy atom. The predicted molar refractivity (Wildman–Crippen MR) is 69.8 cm³/mol. The Morgan fingerprint density at radius 3 is 2.78 bits per heavy atom. The van der Waals surface area contributed by atoms with Crippen LogP contribution in [0.1, 0.15) is 5.56 Å². The van der Waals surface area contributed by atoms with Crippen LogP contribution >= 0.6 is 11.6 Å². The summed E-state index contributed by atoms with van der Waals surface area (Å²) in [5.74, 6) is 0. The van der Waals surface area contributed by atoms with E-state index in [4.69, 9.17) is 11.6 Å². The first-order chi connectivity index (χ1) is 8.81. The first kappa shape index (κ1) is 11.2. The van der Waals surface area contributed by atoms with Gasteiger partial charge in [-0.1, -0.05) is 41.1 Å². The maximum absolute atomic E-state index is 9.39. The second-order valence-corrected chi connectivity index (χ2v) is 4.30. The molecule has 0 radical (unpaired) electrons. The van der Waals surface area contributed by atoms with Crippen molar-refractivity contribution in [3.05, 3.63) is 53.1 Å². The van der Waals surface area contributed by atoms with E-state index in [1.807, 2.05) is 30.3 Å². The first-order valence-electron chi connectivity index (χ1n) is 5.50. The van der Waals surface area contributed by atoms with Crippen molar-refractivity contribution in [2.24, 2.45) is 0 Å². The molecule has 0 aliphatic heterocycles. The van der Waals surface area contributed by atoms with Crippen LogP contribution in [0.15, 0.2) is 42.5 Å². The highest BCUT2D eigenvalue weighted by Crippen LogP contribution is 2.26. The number of para-hydroxylation sites is 2. The second-order valence-electron chi connectivity index (χ2n) is 3.90. The van der Waals surface area contributed by atoms with Crippen LogP contribution in [-0.2, 0) is 6.61 Å². The number of nitrogens with zero attached hydrogens (tertiary/aromatic N) is 3. The maximum atomic E-state index is 9.39. The fourth-order valence-electron chi connectivity index (χ4n) is 1.96. The third kappa shape index (κ3) is 1.66. The molecular weight excluding hydrogens is 250 g/mol. The lowest BCUT2D eigenvalue weighted by atomic mass is 10.2. The molecule has 1 aromatic heterocycles. The predicted octanol–water partition coefficient (Wildman–Crippen LogP) is 2.57. The van der Waals surface area contributed by atoms with Crippen molar-refractivity contribution in [1.82, 2.24) is 15.0 Å². The molecule has 0 amide bonds. The number of rotatable bonds is 2. The van der Waals surface area contributed by atoms with Gasteiger partial charge in [0.15, 0.2) is 0 Å². The molecule has 2 aromatic carbocycles. The first-order valence-corrected chi connectivity index (χ1v) is 5.88. The van der Waals surface area contributed by atoms with Crippen molar-refractivity contribution in [3.8, 4) is 5.69 Å². The molecule has 1 heterocycles. The molecule has 0 fully saturated rings. The van der Waals surface area contributed by atoms with Crippen molar-refractivity contribution in [2.45, 2.75) is 6.61 Å². The van der Waals surface area contributed by atoms with E-state index in [2.05, 4.69) is 10.3 Å². The summed E-state index contributed by atoms with van der Waals surface area (Å²) in [4.78, 5) is 0. The second kappa shape index (κ2) is 4.40. The lowest BCUT2D eigenvalue weighted by Crippen LogP contribution is -2.02. The molecule has 0 saturated carbocycles. The largest absolute Gasteiger partial charge is 0.392 e. The molecule has 90 valence electrons. The molecule has 1 N–H and O–H groups in total. The topological polar surface area (TPSA) is 50.9 Å². The molecule has 0 bridgehead atoms. The van der Waals surface area contributed by atoms with E-state index in [0.717, 1.165) is 16.6 Å². The summed E-state index contributed by atoms with van der Waals surface area (Å²) in [6.07, 6.45) is 0. The van der Waals surface area contributed by atoms with Crippen LogP contribution in [0.25, 0.3) is 16.7 Å². The lowest BCUT2D eigenvalue weighted by molar-refractivity contribution is 0.281. The monoisotopic (exact) mass is 259 g/mol. The summed E-state index contributed by atoms with van der Waals surface area (Å²) in [5.41, 5.74) is 3.05. The van der Waals surface area contributed by atoms with Gasteiger partial charge in [0.1, 0.15) is 5.52 Å². The Morgan fingerprint density at radius 2 is 1.94 bits per heavy atom. The number of aromatic nitrogens is 3. The van der Waals surface area contributed by atoms with Crippen molar-refractivity contribution in [1.29, 1.82) is 0 Å². The number of aliphatic hydroxyl groups is 1. The van der Waals surface area contributed by atoms with Gasteiger partial charge in [-0.25, -0.2) is 4.68 Å². The molecule has 0 atom stereocenters. The van der Waals surface area contributed by atoms with Gasteiger partial charge in [-0.3, -0.25) is 0 Å². The van der Waals surface area contributed by atoms with E-state index in [-0.39, 0.29) is 6.61 Å². The number of aliphatic hydroxyl groups excluding tert-OH is 1. The van der Waals surface area contributed by atoms with Crippen LogP contribution in [0.2, 0.25) is 5.02 Å². The number of hydrogen-bond donors (Lipinski definition) is 1. The van der Waals surface area contributed by atoms with Crippen LogP contribution in [-0.4, -0.2) is 20.1 Å². The van der Waals surface area contributed by atoms with E-state index in [0.29, 0.717) is 10.7 Å². The zero-order valence-electron chi connectivity index (χ0n) is 9.42. The van der Waals surface area contributed by atoms with E-state index in [1.54, 1.807) is 16.8 Å². The highest BCUT2D eigenvalue weighted by atomic mass is 35.5. The Kier molecular flexibility index (Phi) is 2.74. The SMILES string of the molecule is OCc1cccc(Cl)c1-n1nnc2ccccc21. The Balaban J connectivity index is 2.33. The zero-order valence-corrected chi connectivity index (χ0v) is 10.2. The molecular formula is C13H10ClN3O. The summed E-state index contributed by atoms with van der Waals surface area (Å²) in [6, 6.07) is 13.0. The molecule has 3 aromatic rings. The van der Waals surface area contributed by atoms with Gasteiger partial charge in [0, 0.05) is 5.56 Å². The van der Waals surface area contributed by atoms with Crippen LogP contribution in [0.4, 0.5) is 0 Å². The van der Waals surface area contributed by atoms with Crippen molar-refractivity contribution < 1.29 is 5.11 Å². The Bertz CT molecular complexity index is 708. The zero-order chi connectivity index (χ0) is 12.5. The fraction of sp³-hybridized carbons (Fsp3) is 0.0769. The fourth-order valence-corrected chi connectivity index (χ4v) is 2.23. The van der Waals surface area contributed by atoms with Crippen LogP contribution in [0.5, 0.6) is 0 Å². The molecule has 0 spiro atoms. The Hall–Kier alpha value is -1.91. The van der Waals surface area contributed by atoms with E-state index < -0.39 is 0 Å². The van der Waals surface area contributed by atoms with Crippen molar-refractivity contribution in [2.75, 3.05) is 0 Å². The highest BCUT2D eigenvalue weighted by molar-refractivity contribution is 6.32. The van der Waals surface area contributed by atoms with Crippen LogP contribution < -0.4 is 0 Å². The van der Waals surface area contributed by atoms with E-state index in [1.165, 1.54) is 0 Å². The number of fused-ring (bicyclic) bond motifs is 1. The van der Waals surface area contributed by atoms with Crippen molar-refractivity contribution >= 4 is 22.6 Å². The molecule has 0 unspecified atom stereocenters.